The molecule has 0 saturated carbocycles. The van der Waals surface area contributed by atoms with Crippen LogP contribution in [0.3, 0.4) is 0 Å². The topological polar surface area (TPSA) is 91.3 Å². The predicted molar refractivity (Wildman–Crippen MR) is 96.6 cm³/mol. The van der Waals surface area contributed by atoms with Crippen LogP contribution in [0.5, 0.6) is 6.01 Å². The van der Waals surface area contributed by atoms with Crippen molar-refractivity contribution >= 4 is 17.0 Å². The molecule has 0 aromatic carbocycles. The van der Waals surface area contributed by atoms with Crippen LogP contribution in [-0.2, 0) is 4.74 Å². The second kappa shape index (κ2) is 7.97. The molecule has 1 unspecified atom stereocenters. The molecule has 2 aromatic heterocycles. The molecule has 3 rings (SSSR count). The Kier molecular flexibility index (Phi) is 5.70. The minimum atomic E-state index is -0.0448. The van der Waals surface area contributed by atoms with E-state index in [1.807, 2.05) is 11.5 Å². The van der Waals surface area contributed by atoms with E-state index in [1.165, 1.54) is 0 Å². The van der Waals surface area contributed by atoms with Crippen LogP contribution in [0.25, 0.3) is 11.2 Å². The van der Waals surface area contributed by atoms with E-state index in [1.54, 1.807) is 0 Å². The second-order valence-corrected chi connectivity index (χ2v) is 6.29. The van der Waals surface area contributed by atoms with Crippen LogP contribution in [0.1, 0.15) is 45.2 Å². The van der Waals surface area contributed by atoms with Crippen molar-refractivity contribution in [3.8, 4) is 6.01 Å². The van der Waals surface area contributed by atoms with E-state index in [0.29, 0.717) is 29.6 Å². The Bertz CT molecular complexity index is 707. The lowest BCUT2D eigenvalue weighted by molar-refractivity contribution is -0.0309. The molecule has 0 amide bonds. The molecular weight excluding hydrogens is 320 g/mol. The van der Waals surface area contributed by atoms with Crippen molar-refractivity contribution in [1.29, 1.82) is 0 Å². The van der Waals surface area contributed by atoms with Crippen LogP contribution in [-0.4, -0.2) is 57.3 Å². The highest BCUT2D eigenvalue weighted by Crippen LogP contribution is 2.29. The molecule has 8 heteroatoms. The van der Waals surface area contributed by atoms with Crippen LogP contribution in [0.2, 0.25) is 0 Å². The smallest absolute Gasteiger partial charge is 0.320 e. The number of aryl methyl sites for hydroxylation is 1. The summed E-state index contributed by atoms with van der Waals surface area (Å²) >= 11 is 0. The maximum atomic E-state index is 6.09. The fourth-order valence-electron chi connectivity index (χ4n) is 3.23. The van der Waals surface area contributed by atoms with E-state index in [4.69, 9.17) is 15.2 Å². The van der Waals surface area contributed by atoms with Gasteiger partial charge in [0.1, 0.15) is 18.7 Å². The van der Waals surface area contributed by atoms with E-state index >= 15 is 0 Å². The molecule has 25 heavy (non-hydrogen) atoms. The first kappa shape index (κ1) is 17.9. The van der Waals surface area contributed by atoms with E-state index in [0.717, 1.165) is 51.3 Å². The molecule has 1 saturated heterocycles. The third kappa shape index (κ3) is 3.85. The number of imidazole rings is 1. The summed E-state index contributed by atoms with van der Waals surface area (Å²) in [4.78, 5) is 15.6. The molecule has 2 N–H and O–H groups in total. The minimum absolute atomic E-state index is 0.0448. The van der Waals surface area contributed by atoms with Gasteiger partial charge in [0.15, 0.2) is 17.0 Å². The lowest BCUT2D eigenvalue weighted by Crippen LogP contribution is -2.28. The van der Waals surface area contributed by atoms with Gasteiger partial charge in [0.25, 0.3) is 0 Å². The molecule has 3 heterocycles. The third-order valence-corrected chi connectivity index (χ3v) is 4.70. The molecule has 8 nitrogen and oxygen atoms in total. The number of ether oxygens (including phenoxy) is 2. The van der Waals surface area contributed by atoms with E-state index in [2.05, 4.69) is 33.7 Å². The van der Waals surface area contributed by atoms with Crippen molar-refractivity contribution in [2.45, 2.75) is 46.3 Å². The Hall–Kier alpha value is -1.93. The number of nitrogens with zero attached hydrogens (tertiary/aromatic N) is 5. The van der Waals surface area contributed by atoms with Gasteiger partial charge in [-0.1, -0.05) is 13.8 Å². The van der Waals surface area contributed by atoms with Crippen LogP contribution in [0, 0.1) is 6.92 Å². The summed E-state index contributed by atoms with van der Waals surface area (Å²) in [5.41, 5.74) is 7.40. The fourth-order valence-corrected chi connectivity index (χ4v) is 3.23. The molecular formula is C17H28N6O2. The second-order valence-electron chi connectivity index (χ2n) is 6.29. The number of nitrogens with two attached hydrogens (primary N) is 1. The molecule has 1 aliphatic rings. The number of likely N-dealkylation sites (N-methyl/N-ethyl adjacent to an activating group) is 1. The van der Waals surface area contributed by atoms with Crippen molar-refractivity contribution in [1.82, 2.24) is 24.4 Å². The zero-order valence-electron chi connectivity index (χ0n) is 15.4. The lowest BCUT2D eigenvalue weighted by atomic mass is 10.2. The van der Waals surface area contributed by atoms with Gasteiger partial charge in [0.2, 0.25) is 0 Å². The predicted octanol–water partition coefficient (Wildman–Crippen LogP) is 2.14. The van der Waals surface area contributed by atoms with E-state index in [9.17, 15) is 0 Å². The minimum Gasteiger partial charge on any atom is -0.462 e. The number of anilines is 1. The van der Waals surface area contributed by atoms with Crippen LogP contribution < -0.4 is 10.5 Å². The Labute approximate surface area is 148 Å². The number of hydrogen-bond donors (Lipinski definition) is 1. The summed E-state index contributed by atoms with van der Waals surface area (Å²) in [6.07, 6.45) is 3.14. The number of hydrogen-bond acceptors (Lipinski definition) is 7. The zero-order valence-corrected chi connectivity index (χ0v) is 15.4. The van der Waals surface area contributed by atoms with Crippen molar-refractivity contribution in [2.75, 3.05) is 38.6 Å². The summed E-state index contributed by atoms with van der Waals surface area (Å²) < 4.78 is 13.7. The van der Waals surface area contributed by atoms with Crippen molar-refractivity contribution < 1.29 is 9.47 Å². The average Bonchev–Trinajstić information content (AvgIpc) is 2.96. The largest absolute Gasteiger partial charge is 0.462 e. The molecule has 1 fully saturated rings. The van der Waals surface area contributed by atoms with Gasteiger partial charge in [0.05, 0.1) is 0 Å². The molecule has 0 aliphatic carbocycles. The van der Waals surface area contributed by atoms with Crippen LogP contribution >= 0.6 is 0 Å². The van der Waals surface area contributed by atoms with Crippen molar-refractivity contribution in [3.63, 3.8) is 0 Å². The zero-order chi connectivity index (χ0) is 17.8. The fraction of sp³-hybridized carbons (Fsp3) is 0.706. The quantitative estimate of drug-likeness (QED) is 0.819. The normalized spacial score (nSPS) is 18.2. The van der Waals surface area contributed by atoms with Gasteiger partial charge < -0.3 is 20.1 Å². The van der Waals surface area contributed by atoms with Gasteiger partial charge in [-0.05, 0) is 39.3 Å². The maximum absolute atomic E-state index is 6.09. The number of aromatic nitrogens is 4. The third-order valence-electron chi connectivity index (χ3n) is 4.70. The van der Waals surface area contributed by atoms with Gasteiger partial charge in [-0.15, -0.1) is 0 Å². The van der Waals surface area contributed by atoms with Gasteiger partial charge in [0, 0.05) is 13.2 Å². The molecule has 2 aromatic rings. The molecule has 1 atom stereocenters. The van der Waals surface area contributed by atoms with Crippen LogP contribution in [0.4, 0.5) is 5.82 Å². The SMILES string of the molecule is CCN(CC)CCOc1nc(N)c2nc(C)n(C3CCCCO3)c2n1. The first-order valence-corrected chi connectivity index (χ1v) is 9.12. The van der Waals surface area contributed by atoms with Gasteiger partial charge >= 0.3 is 6.01 Å². The number of nitrogen functional groups attached to an aromatic ring is 1. The molecule has 1 aliphatic heterocycles. The summed E-state index contributed by atoms with van der Waals surface area (Å²) in [5.74, 6) is 1.18. The van der Waals surface area contributed by atoms with Gasteiger partial charge in [-0.3, -0.25) is 4.57 Å². The Morgan fingerprint density at radius 2 is 2.04 bits per heavy atom. The first-order valence-electron chi connectivity index (χ1n) is 9.12. The molecule has 0 bridgehead atoms. The van der Waals surface area contributed by atoms with Gasteiger partial charge in [-0.25, -0.2) is 4.98 Å². The van der Waals surface area contributed by atoms with Gasteiger partial charge in [-0.2, -0.15) is 9.97 Å². The number of fused-ring (bicyclic) bond motifs is 1. The average molecular weight is 348 g/mol. The molecule has 138 valence electrons. The highest BCUT2D eigenvalue weighted by atomic mass is 16.5. The molecule has 0 spiro atoms. The maximum Gasteiger partial charge on any atom is 0.320 e. The monoisotopic (exact) mass is 348 g/mol. The van der Waals surface area contributed by atoms with E-state index < -0.39 is 0 Å². The van der Waals surface area contributed by atoms with Crippen molar-refractivity contribution in [2.24, 2.45) is 0 Å². The Morgan fingerprint density at radius 1 is 1.24 bits per heavy atom. The summed E-state index contributed by atoms with van der Waals surface area (Å²) in [7, 11) is 0. The highest BCUT2D eigenvalue weighted by Gasteiger charge is 2.23. The van der Waals surface area contributed by atoms with E-state index in [-0.39, 0.29) is 6.23 Å². The summed E-state index contributed by atoms with van der Waals surface area (Å²) in [5, 5.41) is 0. The highest BCUT2D eigenvalue weighted by molar-refractivity contribution is 5.82. The Morgan fingerprint density at radius 3 is 2.72 bits per heavy atom. The standard InChI is InChI=1S/C17H28N6O2/c1-4-22(5-2)9-11-25-17-20-15(18)14-16(21-17)23(12(3)19-14)13-8-6-7-10-24-13/h13H,4-11H2,1-3H3,(H2,18,20,21). The first-order chi connectivity index (χ1) is 12.1. The summed E-state index contributed by atoms with van der Waals surface area (Å²) in [6, 6.07) is 0.300. The Balaban J connectivity index is 1.83. The van der Waals surface area contributed by atoms with Crippen molar-refractivity contribution in [3.05, 3.63) is 5.82 Å². The van der Waals surface area contributed by atoms with Crippen LogP contribution in [0.15, 0.2) is 0 Å². The lowest BCUT2D eigenvalue weighted by Gasteiger charge is -2.25. The molecule has 0 radical (unpaired) electrons. The summed E-state index contributed by atoms with van der Waals surface area (Å²) in [6.45, 7) is 10.3. The number of rotatable bonds is 7.